The smallest absolute Gasteiger partial charge is 0.258 e. The van der Waals surface area contributed by atoms with Crippen LogP contribution in [0.15, 0.2) is 6.20 Å². The number of halogens is 1. The molecule has 0 fully saturated rings. The number of nitrogens with zero attached hydrogens (tertiary/aromatic N) is 3. The maximum atomic E-state index is 10.6. The van der Waals surface area contributed by atoms with Crippen molar-refractivity contribution in [3.63, 3.8) is 0 Å². The first-order chi connectivity index (χ1) is 6.65. The molecule has 0 radical (unpaired) electrons. The van der Waals surface area contributed by atoms with Crippen LogP contribution in [0.2, 0.25) is 5.28 Å². The van der Waals surface area contributed by atoms with Crippen LogP contribution < -0.4 is 0 Å². The minimum Gasteiger partial charge on any atom is -0.258 e. The molecule has 0 saturated carbocycles. The summed E-state index contributed by atoms with van der Waals surface area (Å²) in [6.45, 7) is 2.01. The van der Waals surface area contributed by atoms with E-state index in [1.807, 2.05) is 6.92 Å². The highest BCUT2D eigenvalue weighted by Gasteiger charge is 2.15. The fourth-order valence-corrected chi connectivity index (χ4v) is 1.22. The Morgan fingerprint density at radius 3 is 2.93 bits per heavy atom. The first kappa shape index (κ1) is 10.8. The van der Waals surface area contributed by atoms with Gasteiger partial charge in [0, 0.05) is 0 Å². The van der Waals surface area contributed by atoms with Gasteiger partial charge in [0.1, 0.15) is 11.9 Å². The summed E-state index contributed by atoms with van der Waals surface area (Å²) in [6.07, 6.45) is 3.53. The van der Waals surface area contributed by atoms with Gasteiger partial charge >= 0.3 is 5.69 Å². The first-order valence-corrected chi connectivity index (χ1v) is 4.68. The molecule has 6 heteroatoms. The third kappa shape index (κ3) is 2.63. The van der Waals surface area contributed by atoms with Crippen molar-refractivity contribution in [1.82, 2.24) is 9.97 Å². The molecule has 0 atom stereocenters. The summed E-state index contributed by atoms with van der Waals surface area (Å²) in [7, 11) is 0. The highest BCUT2D eigenvalue weighted by Crippen LogP contribution is 2.18. The molecule has 0 N–H and O–H groups in total. The third-order valence-electron chi connectivity index (χ3n) is 1.78. The number of rotatable bonds is 4. The van der Waals surface area contributed by atoms with Gasteiger partial charge in [-0.1, -0.05) is 13.3 Å². The van der Waals surface area contributed by atoms with Gasteiger partial charge in [-0.15, -0.1) is 0 Å². The zero-order chi connectivity index (χ0) is 10.6. The summed E-state index contributed by atoms with van der Waals surface area (Å²) in [4.78, 5) is 17.5. The largest absolute Gasteiger partial charge is 0.308 e. The zero-order valence-corrected chi connectivity index (χ0v) is 8.49. The molecule has 1 aromatic rings. The van der Waals surface area contributed by atoms with Crippen LogP contribution in [0.1, 0.15) is 25.5 Å². The van der Waals surface area contributed by atoms with Gasteiger partial charge < -0.3 is 0 Å². The van der Waals surface area contributed by atoms with Crippen molar-refractivity contribution in [2.45, 2.75) is 26.2 Å². The average molecular weight is 216 g/mol. The number of aryl methyl sites for hydroxylation is 1. The van der Waals surface area contributed by atoms with E-state index in [0.717, 1.165) is 19.0 Å². The van der Waals surface area contributed by atoms with Crippen LogP contribution in [0.25, 0.3) is 0 Å². The Balaban J connectivity index is 2.97. The summed E-state index contributed by atoms with van der Waals surface area (Å²) < 4.78 is 0. The van der Waals surface area contributed by atoms with E-state index in [2.05, 4.69) is 9.97 Å². The summed E-state index contributed by atoms with van der Waals surface area (Å²) in [5.74, 6) is 0. The molecule has 0 aromatic carbocycles. The molecular formula is C8H10ClN3O2. The first-order valence-electron chi connectivity index (χ1n) is 4.31. The molecule has 1 aromatic heterocycles. The van der Waals surface area contributed by atoms with Crippen molar-refractivity contribution in [2.75, 3.05) is 0 Å². The Morgan fingerprint density at radius 1 is 1.64 bits per heavy atom. The molecule has 0 saturated heterocycles. The van der Waals surface area contributed by atoms with Crippen molar-refractivity contribution in [3.8, 4) is 0 Å². The molecule has 0 spiro atoms. The quantitative estimate of drug-likeness (QED) is 0.439. The van der Waals surface area contributed by atoms with Crippen molar-refractivity contribution < 1.29 is 4.92 Å². The van der Waals surface area contributed by atoms with E-state index in [0.29, 0.717) is 12.1 Å². The van der Waals surface area contributed by atoms with Crippen LogP contribution in [0, 0.1) is 10.1 Å². The number of aromatic nitrogens is 2. The second-order valence-electron chi connectivity index (χ2n) is 2.83. The Hall–Kier alpha value is -1.23. The van der Waals surface area contributed by atoms with Gasteiger partial charge in [0.05, 0.1) is 4.92 Å². The van der Waals surface area contributed by atoms with E-state index in [9.17, 15) is 10.1 Å². The summed E-state index contributed by atoms with van der Waals surface area (Å²) in [5.41, 5.74) is 0.361. The topological polar surface area (TPSA) is 68.9 Å². The second-order valence-corrected chi connectivity index (χ2v) is 3.17. The predicted molar refractivity (Wildman–Crippen MR) is 52.3 cm³/mol. The zero-order valence-electron chi connectivity index (χ0n) is 7.73. The van der Waals surface area contributed by atoms with Crippen LogP contribution in [0.3, 0.4) is 0 Å². The molecule has 1 rings (SSSR count). The average Bonchev–Trinajstić information content (AvgIpc) is 2.14. The Morgan fingerprint density at radius 2 is 2.36 bits per heavy atom. The van der Waals surface area contributed by atoms with Gasteiger partial charge in [-0.2, -0.15) is 0 Å². The molecule has 5 nitrogen and oxygen atoms in total. The SMILES string of the molecule is CCCCc1nc(Cl)ncc1[N+](=O)[O-]. The molecule has 1 heterocycles. The van der Waals surface area contributed by atoms with Crippen molar-refractivity contribution in [1.29, 1.82) is 0 Å². The summed E-state index contributed by atoms with van der Waals surface area (Å²) in [5, 5.41) is 10.6. The van der Waals surface area contributed by atoms with Gasteiger partial charge in [0.15, 0.2) is 0 Å². The summed E-state index contributed by atoms with van der Waals surface area (Å²) >= 11 is 5.56. The van der Waals surface area contributed by atoms with Crippen LogP contribution in [-0.4, -0.2) is 14.9 Å². The molecule has 0 aliphatic rings. The van der Waals surface area contributed by atoms with Crippen LogP contribution in [0.4, 0.5) is 5.69 Å². The van der Waals surface area contributed by atoms with E-state index in [1.165, 1.54) is 0 Å². The number of nitro groups is 1. The third-order valence-corrected chi connectivity index (χ3v) is 1.96. The minimum absolute atomic E-state index is 0.0529. The highest BCUT2D eigenvalue weighted by atomic mass is 35.5. The molecule has 0 aliphatic heterocycles. The molecule has 0 amide bonds. The highest BCUT2D eigenvalue weighted by molar-refractivity contribution is 6.28. The fraction of sp³-hybridized carbons (Fsp3) is 0.500. The van der Waals surface area contributed by atoms with Crippen LogP contribution >= 0.6 is 11.6 Å². The second kappa shape index (κ2) is 4.85. The predicted octanol–water partition coefficient (Wildman–Crippen LogP) is 2.38. The lowest BCUT2D eigenvalue weighted by molar-refractivity contribution is -0.386. The Bertz CT molecular complexity index is 343. The lowest BCUT2D eigenvalue weighted by Gasteiger charge is -2.00. The van der Waals surface area contributed by atoms with Gasteiger partial charge in [0.2, 0.25) is 5.28 Å². The van der Waals surface area contributed by atoms with Gasteiger partial charge in [-0.05, 0) is 24.4 Å². The van der Waals surface area contributed by atoms with Crippen molar-refractivity contribution in [2.24, 2.45) is 0 Å². The summed E-state index contributed by atoms with van der Waals surface area (Å²) in [6, 6.07) is 0. The van der Waals surface area contributed by atoms with Crippen LogP contribution in [-0.2, 0) is 6.42 Å². The molecule has 14 heavy (non-hydrogen) atoms. The van der Waals surface area contributed by atoms with Gasteiger partial charge in [0.25, 0.3) is 0 Å². The van der Waals surface area contributed by atoms with Crippen LogP contribution in [0.5, 0.6) is 0 Å². The Kier molecular flexibility index (Phi) is 3.76. The number of unbranched alkanes of at least 4 members (excludes halogenated alkanes) is 1. The number of hydrogen-bond donors (Lipinski definition) is 0. The van der Waals surface area contributed by atoms with Gasteiger partial charge in [-0.3, -0.25) is 10.1 Å². The van der Waals surface area contributed by atoms with E-state index >= 15 is 0 Å². The maximum absolute atomic E-state index is 10.6. The normalized spacial score (nSPS) is 10.1. The van der Waals surface area contributed by atoms with Crippen molar-refractivity contribution in [3.05, 3.63) is 27.3 Å². The molecule has 0 bridgehead atoms. The Labute approximate surface area is 86.3 Å². The van der Waals surface area contributed by atoms with E-state index in [-0.39, 0.29) is 11.0 Å². The molecule has 0 aliphatic carbocycles. The molecule has 0 unspecified atom stereocenters. The lowest BCUT2D eigenvalue weighted by Crippen LogP contribution is -2.00. The number of hydrogen-bond acceptors (Lipinski definition) is 4. The minimum atomic E-state index is -0.485. The van der Waals surface area contributed by atoms with Gasteiger partial charge in [-0.25, -0.2) is 9.97 Å². The molecular weight excluding hydrogens is 206 g/mol. The molecule has 76 valence electrons. The van der Waals surface area contributed by atoms with E-state index in [1.54, 1.807) is 0 Å². The standard InChI is InChI=1S/C8H10ClN3O2/c1-2-3-4-6-7(12(13)14)5-10-8(9)11-6/h5H,2-4H2,1H3. The van der Waals surface area contributed by atoms with Crippen molar-refractivity contribution >= 4 is 17.3 Å². The van der Waals surface area contributed by atoms with E-state index in [4.69, 9.17) is 11.6 Å². The monoisotopic (exact) mass is 215 g/mol. The van der Waals surface area contributed by atoms with E-state index < -0.39 is 4.92 Å². The lowest BCUT2D eigenvalue weighted by atomic mass is 10.2. The maximum Gasteiger partial charge on any atom is 0.308 e. The fourth-order valence-electron chi connectivity index (χ4n) is 1.07.